The molecule has 0 radical (unpaired) electrons. The van der Waals surface area contributed by atoms with Gasteiger partial charge in [0.2, 0.25) is 0 Å². The molecule has 10 nitrogen and oxygen atoms in total. The number of hydrogen-bond donors (Lipinski definition) is 3. The zero-order chi connectivity index (χ0) is 21.2. The minimum Gasteiger partial charge on any atom is -0.394 e. The highest BCUT2D eigenvalue weighted by Crippen LogP contribution is 2.26. The van der Waals surface area contributed by atoms with Crippen LogP contribution < -0.4 is 16.0 Å². The Morgan fingerprint density at radius 1 is 1.16 bits per heavy atom. The number of nitrogens with one attached hydrogen (secondary N) is 1. The lowest BCUT2D eigenvalue weighted by Gasteiger charge is -2.33. The molecule has 1 aromatic carbocycles. The van der Waals surface area contributed by atoms with Crippen LogP contribution in [-0.4, -0.2) is 61.9 Å². The van der Waals surface area contributed by atoms with Crippen molar-refractivity contribution >= 4 is 28.7 Å². The molecule has 0 saturated carbocycles. The molecular weight excluding hydrogens is 396 g/mol. The number of aliphatic hydroxyl groups is 1. The Hall–Kier alpha value is -3.76. The summed E-state index contributed by atoms with van der Waals surface area (Å²) in [7, 11) is 0. The molecule has 158 valence electrons. The second-order valence-electron chi connectivity index (χ2n) is 7.26. The van der Waals surface area contributed by atoms with E-state index in [1.165, 1.54) is 6.20 Å². The number of morpholine rings is 1. The Kier molecular flexibility index (Phi) is 5.06. The number of aromatic nitrogens is 5. The van der Waals surface area contributed by atoms with Crippen LogP contribution in [0.4, 0.5) is 23.0 Å². The molecule has 1 saturated heterocycles. The molecule has 3 aromatic heterocycles. The topological polar surface area (TPSA) is 127 Å². The standard InChI is InChI=1S/C21H22N8O2/c22-19-10-23-9-17(26-19)18-12-29-6-5-24-21(29)20(27-18)25-14-1-3-15(4-2-14)28-7-8-31-16(11-28)13-30/h1-6,9-10,12,16,30H,7-8,11,13H2,(H2,22,26)(H,25,27)/t16-/m1/s1. The molecular formula is C21H22N8O2. The molecule has 0 unspecified atom stereocenters. The van der Waals surface area contributed by atoms with E-state index >= 15 is 0 Å². The van der Waals surface area contributed by atoms with Gasteiger partial charge in [-0.15, -0.1) is 0 Å². The highest BCUT2D eigenvalue weighted by Gasteiger charge is 2.20. The molecule has 1 aliphatic heterocycles. The molecule has 0 bridgehead atoms. The Labute approximate surface area is 178 Å². The maximum Gasteiger partial charge on any atom is 0.180 e. The number of benzene rings is 1. The van der Waals surface area contributed by atoms with Crippen molar-refractivity contribution in [3.8, 4) is 11.4 Å². The van der Waals surface area contributed by atoms with Crippen molar-refractivity contribution in [2.24, 2.45) is 0 Å². The lowest BCUT2D eigenvalue weighted by Crippen LogP contribution is -2.44. The molecule has 4 aromatic rings. The largest absolute Gasteiger partial charge is 0.394 e. The van der Waals surface area contributed by atoms with Crippen LogP contribution in [0.1, 0.15) is 0 Å². The van der Waals surface area contributed by atoms with Crippen LogP contribution in [0, 0.1) is 0 Å². The minimum atomic E-state index is -0.151. The van der Waals surface area contributed by atoms with Crippen molar-refractivity contribution in [2.75, 3.05) is 42.3 Å². The summed E-state index contributed by atoms with van der Waals surface area (Å²) in [4.78, 5) is 19.7. The number of nitrogens with two attached hydrogens (primary N) is 1. The quantitative estimate of drug-likeness (QED) is 0.444. The zero-order valence-corrected chi connectivity index (χ0v) is 16.7. The number of imidazole rings is 1. The Morgan fingerprint density at radius 2 is 2.03 bits per heavy atom. The van der Waals surface area contributed by atoms with Crippen LogP contribution in [-0.2, 0) is 4.74 Å². The van der Waals surface area contributed by atoms with Gasteiger partial charge in [-0.25, -0.2) is 15.0 Å². The third-order valence-corrected chi connectivity index (χ3v) is 5.13. The summed E-state index contributed by atoms with van der Waals surface area (Å²) >= 11 is 0. The minimum absolute atomic E-state index is 0.0237. The zero-order valence-electron chi connectivity index (χ0n) is 16.7. The van der Waals surface area contributed by atoms with Gasteiger partial charge >= 0.3 is 0 Å². The second-order valence-corrected chi connectivity index (χ2v) is 7.26. The van der Waals surface area contributed by atoms with Gasteiger partial charge in [-0.2, -0.15) is 0 Å². The lowest BCUT2D eigenvalue weighted by atomic mass is 10.2. The van der Waals surface area contributed by atoms with Crippen molar-refractivity contribution in [2.45, 2.75) is 6.10 Å². The number of nitrogen functional groups attached to an aromatic ring is 1. The van der Waals surface area contributed by atoms with Crippen LogP contribution in [0.2, 0.25) is 0 Å². The highest BCUT2D eigenvalue weighted by molar-refractivity contribution is 5.73. The van der Waals surface area contributed by atoms with Crippen LogP contribution in [0.5, 0.6) is 0 Å². The fourth-order valence-electron chi connectivity index (χ4n) is 3.60. The second kappa shape index (κ2) is 8.17. The van der Waals surface area contributed by atoms with E-state index in [4.69, 9.17) is 15.5 Å². The number of hydrogen-bond acceptors (Lipinski definition) is 9. The van der Waals surface area contributed by atoms with E-state index in [0.717, 1.165) is 17.9 Å². The molecule has 5 rings (SSSR count). The molecule has 0 amide bonds. The number of rotatable bonds is 5. The van der Waals surface area contributed by atoms with Gasteiger partial charge in [0.05, 0.1) is 31.7 Å². The average Bonchev–Trinajstić information content (AvgIpc) is 3.29. The summed E-state index contributed by atoms with van der Waals surface area (Å²) in [6, 6.07) is 8.07. The van der Waals surface area contributed by atoms with Crippen molar-refractivity contribution in [3.05, 3.63) is 55.2 Å². The van der Waals surface area contributed by atoms with E-state index in [9.17, 15) is 5.11 Å². The predicted molar refractivity (Wildman–Crippen MR) is 117 cm³/mol. The maximum absolute atomic E-state index is 9.36. The van der Waals surface area contributed by atoms with Gasteiger partial charge < -0.3 is 30.2 Å². The number of fused-ring (bicyclic) bond motifs is 1. The molecule has 0 aliphatic carbocycles. The summed E-state index contributed by atoms with van der Waals surface area (Å²) in [6.45, 7) is 2.09. The fourth-order valence-corrected chi connectivity index (χ4v) is 3.60. The van der Waals surface area contributed by atoms with E-state index < -0.39 is 0 Å². The van der Waals surface area contributed by atoms with Gasteiger partial charge in [0.15, 0.2) is 11.5 Å². The summed E-state index contributed by atoms with van der Waals surface area (Å²) in [6.07, 6.45) is 8.39. The van der Waals surface area contributed by atoms with Crippen LogP contribution in [0.15, 0.2) is 55.2 Å². The smallest absolute Gasteiger partial charge is 0.180 e. The molecule has 0 spiro atoms. The fraction of sp³-hybridized carbons (Fsp3) is 0.238. The first-order valence-corrected chi connectivity index (χ1v) is 9.96. The number of nitrogens with zero attached hydrogens (tertiary/aromatic N) is 6. The first-order valence-electron chi connectivity index (χ1n) is 9.96. The molecule has 1 atom stereocenters. The Bertz CT molecular complexity index is 1190. The van der Waals surface area contributed by atoms with Gasteiger partial charge in [0.25, 0.3) is 0 Å². The first-order chi connectivity index (χ1) is 15.2. The molecule has 4 heterocycles. The van der Waals surface area contributed by atoms with Crippen LogP contribution in [0.25, 0.3) is 17.0 Å². The normalized spacial score (nSPS) is 16.5. The van der Waals surface area contributed by atoms with E-state index in [2.05, 4.69) is 25.2 Å². The van der Waals surface area contributed by atoms with Crippen LogP contribution in [0.3, 0.4) is 0 Å². The van der Waals surface area contributed by atoms with Gasteiger partial charge in [-0.3, -0.25) is 4.98 Å². The molecule has 10 heteroatoms. The van der Waals surface area contributed by atoms with E-state index in [0.29, 0.717) is 41.8 Å². The molecule has 31 heavy (non-hydrogen) atoms. The molecule has 4 N–H and O–H groups in total. The van der Waals surface area contributed by atoms with Gasteiger partial charge in [0, 0.05) is 43.1 Å². The third-order valence-electron chi connectivity index (χ3n) is 5.13. The van der Waals surface area contributed by atoms with Gasteiger partial charge in [0.1, 0.15) is 17.2 Å². The molecule has 1 aliphatic rings. The van der Waals surface area contributed by atoms with Gasteiger partial charge in [-0.1, -0.05) is 0 Å². The SMILES string of the molecule is Nc1cncc(-c2cn3ccnc3c(Nc3ccc(N4CCO[C@@H](CO)C4)cc3)n2)n1. The third kappa shape index (κ3) is 3.98. The monoisotopic (exact) mass is 418 g/mol. The van der Waals surface area contributed by atoms with E-state index in [1.807, 2.05) is 41.1 Å². The summed E-state index contributed by atoms with van der Waals surface area (Å²) < 4.78 is 7.41. The van der Waals surface area contributed by atoms with Crippen molar-refractivity contribution in [1.29, 1.82) is 0 Å². The number of aliphatic hydroxyl groups excluding tert-OH is 1. The van der Waals surface area contributed by atoms with Gasteiger partial charge in [-0.05, 0) is 24.3 Å². The first kappa shape index (κ1) is 19.2. The van der Waals surface area contributed by atoms with Crippen molar-refractivity contribution in [1.82, 2.24) is 24.3 Å². The van der Waals surface area contributed by atoms with E-state index in [1.54, 1.807) is 12.4 Å². The maximum atomic E-state index is 9.36. The van der Waals surface area contributed by atoms with Crippen molar-refractivity contribution < 1.29 is 9.84 Å². The average molecular weight is 418 g/mol. The Morgan fingerprint density at radius 3 is 2.84 bits per heavy atom. The van der Waals surface area contributed by atoms with Crippen LogP contribution >= 0.6 is 0 Å². The Balaban J connectivity index is 1.42. The summed E-state index contributed by atoms with van der Waals surface area (Å²) in [5.41, 5.74) is 9.65. The van der Waals surface area contributed by atoms with E-state index in [-0.39, 0.29) is 12.7 Å². The predicted octanol–water partition coefficient (Wildman–Crippen LogP) is 1.71. The summed E-state index contributed by atoms with van der Waals surface area (Å²) in [5.74, 6) is 0.938. The molecule has 1 fully saturated rings. The lowest BCUT2D eigenvalue weighted by molar-refractivity contribution is 0.00357. The summed E-state index contributed by atoms with van der Waals surface area (Å²) in [5, 5.41) is 12.7. The highest BCUT2D eigenvalue weighted by atomic mass is 16.5. The number of ether oxygens (including phenoxy) is 1. The van der Waals surface area contributed by atoms with Crippen molar-refractivity contribution in [3.63, 3.8) is 0 Å². The number of anilines is 4.